The Balaban J connectivity index is 1.28. The van der Waals surface area contributed by atoms with Crippen LogP contribution < -0.4 is 0 Å². The predicted molar refractivity (Wildman–Crippen MR) is 202 cm³/mol. The molecule has 2 aromatic heterocycles. The summed E-state index contributed by atoms with van der Waals surface area (Å²) in [4.78, 5) is 4.04. The van der Waals surface area contributed by atoms with E-state index in [9.17, 15) is 10.5 Å². The zero-order valence-corrected chi connectivity index (χ0v) is 26.7. The third-order valence-electron chi connectivity index (χ3n) is 9.59. The topological polar surface area (TPSA) is 61.8 Å². The number of benzene rings is 7. The van der Waals surface area contributed by atoms with Gasteiger partial charge in [0.05, 0.1) is 57.6 Å². The van der Waals surface area contributed by atoms with Crippen LogP contribution in [0.1, 0.15) is 11.1 Å². The first kappa shape index (κ1) is 28.8. The Hall–Kier alpha value is -7.39. The van der Waals surface area contributed by atoms with Gasteiger partial charge in [-0.25, -0.2) is 4.85 Å². The summed E-state index contributed by atoms with van der Waals surface area (Å²) in [7, 11) is 0. The molecule has 0 saturated heterocycles. The second-order valence-electron chi connectivity index (χ2n) is 12.3. The number of hydrogen-bond donors (Lipinski definition) is 0. The summed E-state index contributed by atoms with van der Waals surface area (Å²) in [6, 6.07) is 55.5. The third-order valence-corrected chi connectivity index (χ3v) is 9.59. The van der Waals surface area contributed by atoms with Crippen LogP contribution in [-0.2, 0) is 0 Å². The van der Waals surface area contributed by atoms with Crippen molar-refractivity contribution >= 4 is 49.3 Å². The van der Waals surface area contributed by atoms with E-state index in [-0.39, 0.29) is 0 Å². The van der Waals surface area contributed by atoms with Crippen LogP contribution in [0.15, 0.2) is 152 Å². The van der Waals surface area contributed by atoms with Crippen molar-refractivity contribution in [1.82, 2.24) is 9.13 Å². The van der Waals surface area contributed by atoms with Crippen molar-refractivity contribution in [2.75, 3.05) is 0 Å². The molecular weight excluding hydrogens is 611 g/mol. The SMILES string of the molecule is [C-]#[N+]c1cccc(-c2ccccc2-c2cccc(-n3c4ccc(C#N)cc4c4cc(C#N)ccc43)c2)c1-n1c2ccccc2c2ccccc21. The van der Waals surface area contributed by atoms with Gasteiger partial charge in [-0.3, -0.25) is 0 Å². The lowest BCUT2D eigenvalue weighted by Gasteiger charge is -2.19. The monoisotopic (exact) mass is 635 g/mol. The van der Waals surface area contributed by atoms with Crippen molar-refractivity contribution in [2.45, 2.75) is 0 Å². The van der Waals surface area contributed by atoms with Crippen LogP contribution in [0.5, 0.6) is 0 Å². The second kappa shape index (κ2) is 11.4. The van der Waals surface area contributed by atoms with E-state index in [0.29, 0.717) is 16.8 Å². The fourth-order valence-corrected chi connectivity index (χ4v) is 7.46. The summed E-state index contributed by atoms with van der Waals surface area (Å²) in [5, 5.41) is 23.5. The van der Waals surface area contributed by atoms with Gasteiger partial charge in [0.25, 0.3) is 0 Å². The minimum atomic E-state index is 0.572. The Kier molecular flexibility index (Phi) is 6.56. The molecule has 50 heavy (non-hydrogen) atoms. The van der Waals surface area contributed by atoms with Crippen molar-refractivity contribution in [3.05, 3.63) is 174 Å². The molecule has 0 aliphatic heterocycles. The van der Waals surface area contributed by atoms with Gasteiger partial charge in [0.2, 0.25) is 5.69 Å². The lowest BCUT2D eigenvalue weighted by Crippen LogP contribution is -1.99. The fourth-order valence-electron chi connectivity index (χ4n) is 7.46. The molecule has 9 rings (SSSR count). The van der Waals surface area contributed by atoms with Gasteiger partial charge in [-0.15, -0.1) is 0 Å². The Labute approximate surface area is 288 Å². The highest BCUT2D eigenvalue weighted by Crippen LogP contribution is 2.44. The number of aromatic nitrogens is 2. The van der Waals surface area contributed by atoms with Crippen LogP contribution in [0.2, 0.25) is 0 Å². The van der Waals surface area contributed by atoms with Crippen molar-refractivity contribution in [3.63, 3.8) is 0 Å². The van der Waals surface area contributed by atoms with Gasteiger partial charge >= 0.3 is 0 Å². The first-order valence-corrected chi connectivity index (χ1v) is 16.3. The van der Waals surface area contributed by atoms with E-state index in [1.807, 2.05) is 60.7 Å². The van der Waals surface area contributed by atoms with Gasteiger partial charge in [0.15, 0.2) is 0 Å². The summed E-state index contributed by atoms with van der Waals surface area (Å²) in [5.41, 5.74) is 11.6. The lowest BCUT2D eigenvalue weighted by molar-refractivity contribution is 1.18. The highest BCUT2D eigenvalue weighted by molar-refractivity contribution is 6.11. The molecule has 0 bridgehead atoms. The Morgan fingerprint density at radius 3 is 1.62 bits per heavy atom. The molecule has 0 aliphatic carbocycles. The average Bonchev–Trinajstić information content (AvgIpc) is 3.69. The quantitative estimate of drug-likeness (QED) is 0.181. The average molecular weight is 636 g/mol. The molecule has 0 spiro atoms. The Bertz CT molecular complexity index is 2850. The summed E-state index contributed by atoms with van der Waals surface area (Å²) in [6.07, 6.45) is 0. The molecule has 0 amide bonds. The predicted octanol–water partition coefficient (Wildman–Crippen LogP) is 11.5. The largest absolute Gasteiger partial charge is 0.318 e. The Morgan fingerprint density at radius 1 is 0.460 bits per heavy atom. The maximum absolute atomic E-state index is 9.67. The first-order chi connectivity index (χ1) is 24.7. The van der Waals surface area contributed by atoms with E-state index in [0.717, 1.165) is 77.2 Å². The number of hydrogen-bond acceptors (Lipinski definition) is 2. The second-order valence-corrected chi connectivity index (χ2v) is 12.3. The standard InChI is InChI=1S/C45H25N5/c1-48-40-17-9-16-37(45(40)50-41-18-6-4-14-35(41)36-15-5-7-19-42(36)50)34-13-3-2-12-33(34)31-10-8-11-32(26-31)49-43-22-20-29(27-46)24-38(43)39-25-30(28-47)21-23-44(39)49/h2-26H. The van der Waals surface area contributed by atoms with Crippen LogP contribution in [0, 0.1) is 29.2 Å². The molecule has 7 aromatic carbocycles. The van der Waals surface area contributed by atoms with Crippen molar-refractivity contribution < 1.29 is 0 Å². The number of para-hydroxylation sites is 3. The van der Waals surface area contributed by atoms with Crippen molar-refractivity contribution in [3.8, 4) is 45.8 Å². The zero-order chi connectivity index (χ0) is 33.8. The highest BCUT2D eigenvalue weighted by Gasteiger charge is 2.21. The number of nitriles is 2. The molecule has 0 atom stereocenters. The lowest BCUT2D eigenvalue weighted by atomic mass is 9.92. The summed E-state index contributed by atoms with van der Waals surface area (Å²) >= 11 is 0. The van der Waals surface area contributed by atoms with Crippen LogP contribution in [0.3, 0.4) is 0 Å². The normalized spacial score (nSPS) is 11.1. The maximum atomic E-state index is 9.67. The number of nitrogens with zero attached hydrogens (tertiary/aromatic N) is 5. The van der Waals surface area contributed by atoms with E-state index in [1.54, 1.807) is 0 Å². The van der Waals surface area contributed by atoms with Crippen LogP contribution in [0.25, 0.3) is 82.1 Å². The molecule has 9 aromatic rings. The van der Waals surface area contributed by atoms with Gasteiger partial charge in [-0.05, 0) is 82.9 Å². The van der Waals surface area contributed by atoms with Crippen molar-refractivity contribution in [1.29, 1.82) is 10.5 Å². The summed E-state index contributed by atoms with van der Waals surface area (Å²) < 4.78 is 4.44. The highest BCUT2D eigenvalue weighted by atomic mass is 15.0. The van der Waals surface area contributed by atoms with E-state index >= 15 is 0 Å². The minimum Gasteiger partial charge on any atom is -0.318 e. The smallest absolute Gasteiger partial charge is 0.211 e. The molecule has 0 fully saturated rings. The van der Waals surface area contributed by atoms with E-state index < -0.39 is 0 Å². The zero-order valence-electron chi connectivity index (χ0n) is 26.7. The minimum absolute atomic E-state index is 0.572. The third kappa shape index (κ3) is 4.31. The van der Waals surface area contributed by atoms with E-state index in [4.69, 9.17) is 6.57 Å². The molecular formula is C45H25N5. The number of fused-ring (bicyclic) bond motifs is 6. The molecule has 0 radical (unpaired) electrons. The maximum Gasteiger partial charge on any atom is 0.211 e. The van der Waals surface area contributed by atoms with Crippen LogP contribution in [0.4, 0.5) is 5.69 Å². The molecule has 0 N–H and O–H groups in total. The first-order valence-electron chi connectivity index (χ1n) is 16.3. The van der Waals surface area contributed by atoms with Gasteiger partial charge in [0, 0.05) is 27.2 Å². The summed E-state index contributed by atoms with van der Waals surface area (Å²) in [6.45, 7) is 8.24. The summed E-state index contributed by atoms with van der Waals surface area (Å²) in [5.74, 6) is 0. The molecule has 0 unspecified atom stereocenters. The van der Waals surface area contributed by atoms with Gasteiger partial charge in [-0.2, -0.15) is 10.5 Å². The Morgan fingerprint density at radius 2 is 1.00 bits per heavy atom. The molecule has 230 valence electrons. The fraction of sp³-hybridized carbons (Fsp3) is 0. The van der Waals surface area contributed by atoms with E-state index in [1.165, 1.54) is 0 Å². The molecule has 0 saturated carbocycles. The van der Waals surface area contributed by atoms with E-state index in [2.05, 4.69) is 117 Å². The van der Waals surface area contributed by atoms with Crippen LogP contribution in [-0.4, -0.2) is 9.13 Å². The molecule has 5 heteroatoms. The molecule has 0 aliphatic rings. The van der Waals surface area contributed by atoms with Crippen LogP contribution >= 0.6 is 0 Å². The van der Waals surface area contributed by atoms with Crippen molar-refractivity contribution in [2.24, 2.45) is 0 Å². The molecule has 5 nitrogen and oxygen atoms in total. The number of rotatable bonds is 4. The van der Waals surface area contributed by atoms with Gasteiger partial charge < -0.3 is 9.13 Å². The molecule has 2 heterocycles. The van der Waals surface area contributed by atoms with Gasteiger partial charge in [0.1, 0.15) is 0 Å². The van der Waals surface area contributed by atoms with Gasteiger partial charge in [-0.1, -0.05) is 91.0 Å².